The lowest BCUT2D eigenvalue weighted by Gasteiger charge is -2.64. The lowest BCUT2D eigenvalue weighted by Crippen LogP contribution is -2.66. The Kier molecular flexibility index (Phi) is 2.59. The quantitative estimate of drug-likeness (QED) is 0.807. The van der Waals surface area contributed by atoms with Gasteiger partial charge in [0, 0.05) is 22.7 Å². The van der Waals surface area contributed by atoms with E-state index < -0.39 is 22.0 Å². The van der Waals surface area contributed by atoms with E-state index in [4.69, 9.17) is 0 Å². The number of aliphatic hydroxyl groups is 2. The average molecular weight is 344 g/mol. The third-order valence-electron chi connectivity index (χ3n) is 8.98. The van der Waals surface area contributed by atoms with Gasteiger partial charge in [-0.2, -0.15) is 0 Å². The number of Topliss-reactive ketones (excluding diaryl/α,β-unsaturated/α-hetero) is 2. The molecule has 8 aliphatic rings. The molecule has 8 fully saturated rings. The molecule has 0 aromatic heterocycles. The summed E-state index contributed by atoms with van der Waals surface area (Å²) in [6.45, 7) is 0. The van der Waals surface area contributed by atoms with Crippen molar-refractivity contribution < 1.29 is 19.8 Å². The first-order valence-corrected chi connectivity index (χ1v) is 10.3. The molecule has 8 aliphatic carbocycles. The van der Waals surface area contributed by atoms with Gasteiger partial charge in [0.1, 0.15) is 11.6 Å². The summed E-state index contributed by atoms with van der Waals surface area (Å²) in [6.07, 6.45) is 8.33. The molecule has 0 radical (unpaired) electrons. The fourth-order valence-electron chi connectivity index (χ4n) is 9.14. The van der Waals surface area contributed by atoms with Gasteiger partial charge in [0.2, 0.25) is 0 Å². The molecule has 8 bridgehead atoms. The Labute approximate surface area is 148 Å². The van der Waals surface area contributed by atoms with Crippen molar-refractivity contribution >= 4 is 11.6 Å². The maximum absolute atomic E-state index is 13.3. The van der Waals surface area contributed by atoms with Crippen LogP contribution in [0.1, 0.15) is 70.6 Å². The van der Waals surface area contributed by atoms with E-state index in [1.54, 1.807) is 0 Å². The van der Waals surface area contributed by atoms with Crippen LogP contribution in [0, 0.1) is 34.5 Å². The van der Waals surface area contributed by atoms with Crippen LogP contribution in [0.5, 0.6) is 0 Å². The van der Waals surface area contributed by atoms with Crippen molar-refractivity contribution in [2.24, 2.45) is 34.5 Å². The zero-order valence-corrected chi connectivity index (χ0v) is 14.8. The van der Waals surface area contributed by atoms with E-state index in [-0.39, 0.29) is 11.8 Å². The molecule has 8 atom stereocenters. The molecule has 0 heterocycles. The Morgan fingerprint density at radius 3 is 1.56 bits per heavy atom. The highest BCUT2D eigenvalue weighted by molar-refractivity contribution is 5.93. The maximum atomic E-state index is 13.3. The van der Waals surface area contributed by atoms with Crippen molar-refractivity contribution in [3.8, 4) is 0 Å². The highest BCUT2D eigenvalue weighted by Gasteiger charge is 2.68. The molecule has 0 aromatic rings. The number of hydrogen-bond acceptors (Lipinski definition) is 4. The third kappa shape index (κ3) is 1.86. The van der Waals surface area contributed by atoms with Crippen LogP contribution in [0.3, 0.4) is 0 Å². The molecule has 136 valence electrons. The van der Waals surface area contributed by atoms with Crippen LogP contribution in [0.15, 0.2) is 0 Å². The van der Waals surface area contributed by atoms with Crippen molar-refractivity contribution in [1.29, 1.82) is 0 Å². The highest BCUT2D eigenvalue weighted by atomic mass is 16.3. The summed E-state index contributed by atoms with van der Waals surface area (Å²) < 4.78 is 0. The van der Waals surface area contributed by atoms with Crippen molar-refractivity contribution in [3.63, 3.8) is 0 Å². The molecule has 0 aliphatic heterocycles. The van der Waals surface area contributed by atoms with Crippen molar-refractivity contribution in [1.82, 2.24) is 0 Å². The molecule has 0 aromatic carbocycles. The molecular formula is C21H28O4. The summed E-state index contributed by atoms with van der Waals surface area (Å²) in [5, 5.41) is 22.1. The SMILES string of the molecule is O=C1C2CC3CC(O)(C2)CC1(CC12CC4CC(CC(O)(C4)C1)C2=O)C3. The lowest BCUT2D eigenvalue weighted by atomic mass is 9.40. The van der Waals surface area contributed by atoms with Gasteiger partial charge in [-0.3, -0.25) is 9.59 Å². The van der Waals surface area contributed by atoms with Crippen molar-refractivity contribution in [3.05, 3.63) is 0 Å². The number of carbonyl (C=O) groups is 2. The zero-order chi connectivity index (χ0) is 17.2. The van der Waals surface area contributed by atoms with Gasteiger partial charge in [-0.15, -0.1) is 0 Å². The van der Waals surface area contributed by atoms with Crippen LogP contribution < -0.4 is 0 Å². The molecule has 2 N–H and O–H groups in total. The van der Waals surface area contributed by atoms with Crippen LogP contribution in [0.2, 0.25) is 0 Å². The summed E-state index contributed by atoms with van der Waals surface area (Å²) in [7, 11) is 0. The van der Waals surface area contributed by atoms with Gasteiger partial charge in [-0.25, -0.2) is 0 Å². The maximum Gasteiger partial charge on any atom is 0.142 e. The molecule has 4 heteroatoms. The number of rotatable bonds is 2. The Morgan fingerprint density at radius 2 is 1.16 bits per heavy atom. The van der Waals surface area contributed by atoms with E-state index in [0.717, 1.165) is 38.5 Å². The lowest BCUT2D eigenvalue weighted by molar-refractivity contribution is -0.205. The third-order valence-corrected chi connectivity index (χ3v) is 8.98. The first kappa shape index (κ1) is 15.3. The van der Waals surface area contributed by atoms with Crippen LogP contribution in [-0.2, 0) is 9.59 Å². The summed E-state index contributed by atoms with van der Waals surface area (Å²) in [5.41, 5.74) is -2.34. The second-order valence-corrected chi connectivity index (χ2v) is 11.1. The predicted molar refractivity (Wildman–Crippen MR) is 89.5 cm³/mol. The van der Waals surface area contributed by atoms with Gasteiger partial charge < -0.3 is 10.2 Å². The Balaban J connectivity index is 1.41. The van der Waals surface area contributed by atoms with Crippen molar-refractivity contribution in [2.45, 2.75) is 81.8 Å². The van der Waals surface area contributed by atoms with Gasteiger partial charge in [0.05, 0.1) is 11.2 Å². The molecule has 0 saturated heterocycles. The number of ketones is 2. The van der Waals surface area contributed by atoms with Crippen LogP contribution in [-0.4, -0.2) is 33.0 Å². The highest BCUT2D eigenvalue weighted by Crippen LogP contribution is 2.68. The fraction of sp³-hybridized carbons (Fsp3) is 0.905. The molecule has 8 saturated carbocycles. The zero-order valence-electron chi connectivity index (χ0n) is 14.8. The van der Waals surface area contributed by atoms with E-state index in [1.165, 1.54) is 0 Å². The minimum atomic E-state index is -0.679. The van der Waals surface area contributed by atoms with Gasteiger partial charge in [0.25, 0.3) is 0 Å². The summed E-state index contributed by atoms with van der Waals surface area (Å²) in [4.78, 5) is 26.5. The van der Waals surface area contributed by atoms with Gasteiger partial charge in [-0.05, 0) is 82.5 Å². The number of hydrogen-bond donors (Lipinski definition) is 2. The van der Waals surface area contributed by atoms with Crippen molar-refractivity contribution in [2.75, 3.05) is 0 Å². The molecule has 25 heavy (non-hydrogen) atoms. The first-order chi connectivity index (χ1) is 11.7. The standard InChI is InChI=1S/C21H28O4/c22-16-14-1-12-3-18(16,10-20(24,5-12)7-14)9-19-4-13-2-15(17(19)23)8-21(25,6-13)11-19/h12-15,24-25H,1-11H2. The van der Waals surface area contributed by atoms with E-state index in [0.29, 0.717) is 55.5 Å². The monoisotopic (exact) mass is 344 g/mol. The molecule has 4 nitrogen and oxygen atoms in total. The molecular weight excluding hydrogens is 316 g/mol. The van der Waals surface area contributed by atoms with E-state index in [9.17, 15) is 19.8 Å². The van der Waals surface area contributed by atoms with Crippen LogP contribution in [0.4, 0.5) is 0 Å². The van der Waals surface area contributed by atoms with Gasteiger partial charge >= 0.3 is 0 Å². The second-order valence-electron chi connectivity index (χ2n) is 11.1. The Bertz CT molecular complexity index is 644. The van der Waals surface area contributed by atoms with Crippen LogP contribution >= 0.6 is 0 Å². The molecule has 0 spiro atoms. The first-order valence-electron chi connectivity index (χ1n) is 10.3. The molecule has 0 amide bonds. The summed E-state index contributed by atoms with van der Waals surface area (Å²) in [6, 6.07) is 0. The topological polar surface area (TPSA) is 74.6 Å². The predicted octanol–water partition coefficient (Wildman–Crippen LogP) is 2.40. The van der Waals surface area contributed by atoms with Gasteiger partial charge in [0.15, 0.2) is 0 Å². The van der Waals surface area contributed by atoms with E-state index >= 15 is 0 Å². The Morgan fingerprint density at radius 1 is 0.720 bits per heavy atom. The Hall–Kier alpha value is -0.740. The summed E-state index contributed by atoms with van der Waals surface area (Å²) >= 11 is 0. The normalized spacial score (nSPS) is 61.4. The van der Waals surface area contributed by atoms with Crippen LogP contribution in [0.25, 0.3) is 0 Å². The number of carbonyl (C=O) groups excluding carboxylic acids is 2. The fourth-order valence-corrected chi connectivity index (χ4v) is 9.14. The smallest absolute Gasteiger partial charge is 0.142 e. The van der Waals surface area contributed by atoms with E-state index in [2.05, 4.69) is 0 Å². The second kappa shape index (κ2) is 4.22. The van der Waals surface area contributed by atoms with Gasteiger partial charge in [-0.1, -0.05) is 0 Å². The minimum absolute atomic E-state index is 0.0124. The molecule has 8 unspecified atom stereocenters. The molecule has 8 rings (SSSR count). The summed E-state index contributed by atoms with van der Waals surface area (Å²) in [5.74, 6) is 1.59. The minimum Gasteiger partial charge on any atom is -0.390 e. The van der Waals surface area contributed by atoms with E-state index in [1.807, 2.05) is 0 Å². The average Bonchev–Trinajstić information content (AvgIpc) is 2.46. The largest absolute Gasteiger partial charge is 0.390 e.